The second-order valence-corrected chi connectivity index (χ2v) is 10.5. The van der Waals surface area contributed by atoms with Gasteiger partial charge in [-0.15, -0.1) is 0 Å². The van der Waals surface area contributed by atoms with Gasteiger partial charge in [-0.2, -0.15) is 0 Å². The van der Waals surface area contributed by atoms with Gasteiger partial charge in [-0.05, 0) is 76.4 Å². The highest BCUT2D eigenvalue weighted by molar-refractivity contribution is 5.89. The number of nitrogens with one attached hydrogen (secondary N) is 1. The molecule has 2 atom stereocenters. The van der Waals surface area contributed by atoms with Gasteiger partial charge in [0.15, 0.2) is 0 Å². The molecule has 2 N–H and O–H groups in total. The fourth-order valence-corrected chi connectivity index (χ4v) is 5.77. The molecule has 6 rings (SSSR count). The van der Waals surface area contributed by atoms with Gasteiger partial charge in [-0.1, -0.05) is 60.7 Å². The Morgan fingerprint density at radius 1 is 0.949 bits per heavy atom. The molecular formula is C33H31N3O3. The van der Waals surface area contributed by atoms with Crippen molar-refractivity contribution in [2.24, 2.45) is 5.92 Å². The quantitative estimate of drug-likeness (QED) is 0.326. The van der Waals surface area contributed by atoms with Gasteiger partial charge in [-0.25, -0.2) is 4.79 Å². The zero-order valence-electron chi connectivity index (χ0n) is 21.7. The Morgan fingerprint density at radius 3 is 2.59 bits per heavy atom. The normalized spacial score (nSPS) is 18.3. The van der Waals surface area contributed by atoms with Crippen LogP contribution < -0.4 is 5.32 Å². The molecule has 0 bridgehead atoms. The second-order valence-electron chi connectivity index (χ2n) is 10.5. The number of aromatic carboxylic acids is 1. The van der Waals surface area contributed by atoms with Gasteiger partial charge in [0, 0.05) is 38.3 Å². The zero-order valence-corrected chi connectivity index (χ0v) is 21.7. The van der Waals surface area contributed by atoms with E-state index in [2.05, 4.69) is 39.5 Å². The van der Waals surface area contributed by atoms with Crippen LogP contribution in [0.5, 0.6) is 0 Å². The van der Waals surface area contributed by atoms with Crippen LogP contribution in [-0.4, -0.2) is 33.4 Å². The Bertz CT molecular complexity index is 1500. The van der Waals surface area contributed by atoms with Gasteiger partial charge in [-0.3, -0.25) is 14.7 Å². The van der Waals surface area contributed by atoms with Crippen LogP contribution in [0.4, 0.5) is 0 Å². The predicted molar refractivity (Wildman–Crippen MR) is 150 cm³/mol. The van der Waals surface area contributed by atoms with Gasteiger partial charge >= 0.3 is 5.97 Å². The Kier molecular flexibility index (Phi) is 6.95. The largest absolute Gasteiger partial charge is 0.478 e. The lowest BCUT2D eigenvalue weighted by atomic mass is 9.87. The number of aromatic nitrogens is 1. The van der Waals surface area contributed by atoms with Crippen LogP contribution in [0.3, 0.4) is 0 Å². The van der Waals surface area contributed by atoms with E-state index in [1.54, 1.807) is 18.2 Å². The lowest BCUT2D eigenvalue weighted by Gasteiger charge is -2.32. The van der Waals surface area contributed by atoms with Crippen molar-refractivity contribution in [3.05, 3.63) is 125 Å². The topological polar surface area (TPSA) is 82.5 Å². The molecule has 4 aromatic rings. The van der Waals surface area contributed by atoms with Crippen molar-refractivity contribution >= 4 is 11.9 Å². The van der Waals surface area contributed by atoms with E-state index < -0.39 is 5.97 Å². The highest BCUT2D eigenvalue weighted by atomic mass is 16.4. The maximum absolute atomic E-state index is 13.0. The Morgan fingerprint density at radius 2 is 1.79 bits per heavy atom. The van der Waals surface area contributed by atoms with E-state index >= 15 is 0 Å². The molecule has 2 heterocycles. The van der Waals surface area contributed by atoms with E-state index in [0.717, 1.165) is 54.9 Å². The standard InChI is InChI=1S/C33H31N3O3/c37-32(30-18-29(30)22-7-2-1-3-8-22)35-19-25-12-13-27(23-9-6-10-24(17-23)33(38)39)28-14-16-36(21-31(25)28)20-26-11-4-5-15-34-26/h1-13,15,17,29-30H,14,16,18-21H2,(H,35,37)(H,38,39)/t29-,30+/m0/s1. The number of carbonyl (C=O) groups is 2. The molecule has 1 saturated carbocycles. The summed E-state index contributed by atoms with van der Waals surface area (Å²) in [4.78, 5) is 31.5. The summed E-state index contributed by atoms with van der Waals surface area (Å²) in [5, 5.41) is 12.7. The minimum atomic E-state index is -0.930. The molecule has 0 unspecified atom stereocenters. The van der Waals surface area contributed by atoms with E-state index in [1.807, 2.05) is 48.7 Å². The van der Waals surface area contributed by atoms with Crippen LogP contribution in [0.15, 0.2) is 91.1 Å². The number of hydrogen-bond acceptors (Lipinski definition) is 4. The number of pyridine rings is 1. The maximum atomic E-state index is 13.0. The fourth-order valence-electron chi connectivity index (χ4n) is 5.77. The molecule has 1 fully saturated rings. The van der Waals surface area contributed by atoms with E-state index in [1.165, 1.54) is 16.7 Å². The maximum Gasteiger partial charge on any atom is 0.335 e. The third kappa shape index (κ3) is 5.47. The summed E-state index contributed by atoms with van der Waals surface area (Å²) in [6.07, 6.45) is 3.56. The summed E-state index contributed by atoms with van der Waals surface area (Å²) in [6, 6.07) is 27.6. The molecule has 0 spiro atoms. The van der Waals surface area contributed by atoms with Gasteiger partial charge < -0.3 is 10.4 Å². The molecule has 1 aliphatic carbocycles. The summed E-state index contributed by atoms with van der Waals surface area (Å²) in [7, 11) is 0. The summed E-state index contributed by atoms with van der Waals surface area (Å²) in [5.41, 5.74) is 8.06. The minimum absolute atomic E-state index is 0.0295. The molecule has 3 aromatic carbocycles. The molecule has 0 radical (unpaired) electrons. The number of amides is 1. The summed E-state index contributed by atoms with van der Waals surface area (Å²) in [5.74, 6) is -0.489. The van der Waals surface area contributed by atoms with Crippen molar-refractivity contribution in [2.45, 2.75) is 38.4 Å². The molecule has 39 heavy (non-hydrogen) atoms. The molecule has 1 aromatic heterocycles. The number of rotatable bonds is 8. The Labute approximate surface area is 228 Å². The van der Waals surface area contributed by atoms with Crippen molar-refractivity contribution in [1.82, 2.24) is 15.2 Å². The molecule has 0 saturated heterocycles. The summed E-state index contributed by atoms with van der Waals surface area (Å²) in [6.45, 7) is 2.86. The third-order valence-electron chi connectivity index (χ3n) is 7.93. The van der Waals surface area contributed by atoms with Crippen molar-refractivity contribution in [3.63, 3.8) is 0 Å². The number of nitrogens with zero attached hydrogens (tertiary/aromatic N) is 2. The predicted octanol–water partition coefficient (Wildman–Crippen LogP) is 5.43. The van der Waals surface area contributed by atoms with Crippen molar-refractivity contribution in [3.8, 4) is 11.1 Å². The smallest absolute Gasteiger partial charge is 0.335 e. The van der Waals surface area contributed by atoms with Crippen molar-refractivity contribution < 1.29 is 14.7 Å². The number of benzene rings is 3. The first-order chi connectivity index (χ1) is 19.1. The van der Waals surface area contributed by atoms with E-state index in [9.17, 15) is 14.7 Å². The highest BCUT2D eigenvalue weighted by Gasteiger charge is 2.43. The number of carboxylic acid groups (broad SMARTS) is 1. The number of carboxylic acids is 1. The first kappa shape index (κ1) is 25.0. The zero-order chi connectivity index (χ0) is 26.8. The molecule has 1 amide bonds. The lowest BCUT2D eigenvalue weighted by molar-refractivity contribution is -0.122. The summed E-state index contributed by atoms with van der Waals surface area (Å²) < 4.78 is 0. The van der Waals surface area contributed by atoms with Crippen LogP contribution in [0.25, 0.3) is 11.1 Å². The molecule has 6 nitrogen and oxygen atoms in total. The minimum Gasteiger partial charge on any atom is -0.478 e. The third-order valence-corrected chi connectivity index (χ3v) is 7.93. The number of carbonyl (C=O) groups excluding carboxylic acids is 1. The van der Waals surface area contributed by atoms with E-state index in [-0.39, 0.29) is 17.4 Å². The molecule has 6 heteroatoms. The number of hydrogen-bond donors (Lipinski definition) is 2. The van der Waals surface area contributed by atoms with Gasteiger partial charge in [0.1, 0.15) is 0 Å². The first-order valence-electron chi connectivity index (χ1n) is 13.5. The molecule has 196 valence electrons. The van der Waals surface area contributed by atoms with Crippen molar-refractivity contribution in [2.75, 3.05) is 6.54 Å². The van der Waals surface area contributed by atoms with Crippen molar-refractivity contribution in [1.29, 1.82) is 0 Å². The number of fused-ring (bicyclic) bond motifs is 1. The van der Waals surface area contributed by atoms with Gasteiger partial charge in [0.25, 0.3) is 0 Å². The molecule has 1 aliphatic heterocycles. The van der Waals surface area contributed by atoms with Gasteiger partial charge in [0.2, 0.25) is 5.91 Å². The van der Waals surface area contributed by atoms with E-state index in [4.69, 9.17) is 0 Å². The second kappa shape index (κ2) is 10.8. The monoisotopic (exact) mass is 517 g/mol. The van der Waals surface area contributed by atoms with Crippen LogP contribution in [0, 0.1) is 5.92 Å². The van der Waals surface area contributed by atoms with Crippen LogP contribution in [0.2, 0.25) is 0 Å². The van der Waals surface area contributed by atoms with Crippen LogP contribution in [0.1, 0.15) is 50.6 Å². The molecule has 2 aliphatic rings. The van der Waals surface area contributed by atoms with Gasteiger partial charge in [0.05, 0.1) is 11.3 Å². The van der Waals surface area contributed by atoms with Crippen LogP contribution in [-0.2, 0) is 30.8 Å². The average Bonchev–Trinajstić information content (AvgIpc) is 3.78. The Balaban J connectivity index is 1.25. The average molecular weight is 518 g/mol. The SMILES string of the molecule is O=C(O)c1cccc(-c2ccc(CNC(=O)[C@@H]3C[C@H]3c3ccccc3)c3c2CCN(Cc2ccccn2)C3)c1. The fraction of sp³-hybridized carbons (Fsp3) is 0.242. The Hall–Kier alpha value is -4.29. The highest BCUT2D eigenvalue weighted by Crippen LogP contribution is 2.47. The van der Waals surface area contributed by atoms with Crippen LogP contribution >= 0.6 is 0 Å². The molecular weight excluding hydrogens is 486 g/mol. The first-order valence-corrected chi connectivity index (χ1v) is 13.5. The lowest BCUT2D eigenvalue weighted by Crippen LogP contribution is -2.33. The summed E-state index contributed by atoms with van der Waals surface area (Å²) >= 11 is 0. The van der Waals surface area contributed by atoms with E-state index in [0.29, 0.717) is 12.5 Å².